The van der Waals surface area contributed by atoms with Gasteiger partial charge in [0.05, 0.1) is 0 Å². The molecule has 1 aromatic heterocycles. The Morgan fingerprint density at radius 3 is 2.61 bits per heavy atom. The van der Waals surface area contributed by atoms with Gasteiger partial charge in [-0.25, -0.2) is 0 Å². The zero-order valence-electron chi connectivity index (χ0n) is 12.1. The van der Waals surface area contributed by atoms with Crippen LogP contribution in [0.25, 0.3) is 0 Å². The molecule has 0 radical (unpaired) electrons. The van der Waals surface area contributed by atoms with E-state index in [-0.39, 0.29) is 0 Å². The Hall–Kier alpha value is -0.380. The molecular weight excluding hydrogens is 240 g/mol. The molecule has 0 aromatic carbocycles. The topological polar surface area (TPSA) is 15.3 Å². The summed E-state index contributed by atoms with van der Waals surface area (Å²) in [7, 11) is 0. The van der Waals surface area contributed by atoms with Crippen molar-refractivity contribution in [1.82, 2.24) is 10.2 Å². The number of aryl methyl sites for hydroxylation is 1. The molecule has 2 heterocycles. The maximum Gasteiger partial charge on any atom is 0.0299 e. The summed E-state index contributed by atoms with van der Waals surface area (Å²) in [4.78, 5) is 5.58. The van der Waals surface area contributed by atoms with Crippen molar-refractivity contribution < 1.29 is 0 Å². The summed E-state index contributed by atoms with van der Waals surface area (Å²) in [5.74, 6) is 1.70. The van der Waals surface area contributed by atoms with E-state index in [0.717, 1.165) is 31.5 Å². The minimum absolute atomic E-state index is 0.852. The largest absolute Gasteiger partial charge is 0.312 e. The monoisotopic (exact) mass is 266 g/mol. The molecule has 2 rings (SSSR count). The first-order valence-electron chi connectivity index (χ1n) is 7.11. The summed E-state index contributed by atoms with van der Waals surface area (Å²) in [5, 5.41) is 3.41. The number of hydrogen-bond acceptors (Lipinski definition) is 3. The fourth-order valence-corrected chi connectivity index (χ4v) is 3.72. The van der Waals surface area contributed by atoms with Gasteiger partial charge >= 0.3 is 0 Å². The molecule has 102 valence electrons. The summed E-state index contributed by atoms with van der Waals surface area (Å²) in [6, 6.07) is 2.40. The molecule has 0 amide bonds. The quantitative estimate of drug-likeness (QED) is 0.880. The fraction of sp³-hybridized carbons (Fsp3) is 0.733. The maximum absolute atomic E-state index is 3.41. The van der Waals surface area contributed by atoms with Gasteiger partial charge < -0.3 is 5.32 Å². The van der Waals surface area contributed by atoms with Crippen LogP contribution in [0.2, 0.25) is 0 Å². The second-order valence-electron chi connectivity index (χ2n) is 5.72. The third-order valence-electron chi connectivity index (χ3n) is 4.08. The SMILES string of the molecule is CCNCc1cc(CN2CC(C)C(C)C2)c(C)s1. The van der Waals surface area contributed by atoms with E-state index in [1.165, 1.54) is 28.4 Å². The first-order chi connectivity index (χ1) is 8.60. The number of thiophene rings is 1. The van der Waals surface area contributed by atoms with Crippen molar-refractivity contribution >= 4 is 11.3 Å². The van der Waals surface area contributed by atoms with Crippen molar-refractivity contribution in [3.05, 3.63) is 21.4 Å². The molecule has 3 heteroatoms. The molecule has 2 unspecified atom stereocenters. The third-order valence-corrected chi connectivity index (χ3v) is 5.17. The van der Waals surface area contributed by atoms with Crippen molar-refractivity contribution in [3.63, 3.8) is 0 Å². The van der Waals surface area contributed by atoms with Gasteiger partial charge in [-0.1, -0.05) is 20.8 Å². The molecule has 2 atom stereocenters. The van der Waals surface area contributed by atoms with Gasteiger partial charge in [-0.05, 0) is 36.9 Å². The highest BCUT2D eigenvalue weighted by Gasteiger charge is 2.26. The molecule has 0 spiro atoms. The van der Waals surface area contributed by atoms with E-state index in [1.54, 1.807) is 0 Å². The number of nitrogens with one attached hydrogen (secondary N) is 1. The maximum atomic E-state index is 3.41. The van der Waals surface area contributed by atoms with Crippen molar-refractivity contribution in [2.45, 2.75) is 40.8 Å². The molecule has 2 nitrogen and oxygen atoms in total. The zero-order chi connectivity index (χ0) is 13.1. The molecule has 1 aromatic rings. The van der Waals surface area contributed by atoms with E-state index < -0.39 is 0 Å². The Bertz CT molecular complexity index is 376. The van der Waals surface area contributed by atoms with E-state index in [2.05, 4.69) is 44.0 Å². The average Bonchev–Trinajstić information content (AvgIpc) is 2.81. The first kappa shape index (κ1) is 14.0. The number of nitrogens with zero attached hydrogens (tertiary/aromatic N) is 1. The van der Waals surface area contributed by atoms with Crippen LogP contribution in [-0.2, 0) is 13.1 Å². The van der Waals surface area contributed by atoms with Gasteiger partial charge in [-0.2, -0.15) is 0 Å². The van der Waals surface area contributed by atoms with Crippen LogP contribution < -0.4 is 5.32 Å². The highest BCUT2D eigenvalue weighted by atomic mass is 32.1. The van der Waals surface area contributed by atoms with E-state index in [9.17, 15) is 0 Å². The number of rotatable bonds is 5. The van der Waals surface area contributed by atoms with Gasteiger partial charge in [-0.3, -0.25) is 4.90 Å². The van der Waals surface area contributed by atoms with Crippen LogP contribution in [0.3, 0.4) is 0 Å². The lowest BCUT2D eigenvalue weighted by Crippen LogP contribution is -2.20. The van der Waals surface area contributed by atoms with Crippen molar-refractivity contribution in [2.24, 2.45) is 11.8 Å². The highest BCUT2D eigenvalue weighted by Crippen LogP contribution is 2.27. The Morgan fingerprint density at radius 2 is 2.00 bits per heavy atom. The minimum atomic E-state index is 0.852. The van der Waals surface area contributed by atoms with Crippen molar-refractivity contribution in [3.8, 4) is 0 Å². The van der Waals surface area contributed by atoms with E-state index in [4.69, 9.17) is 0 Å². The summed E-state index contributed by atoms with van der Waals surface area (Å²) < 4.78 is 0. The van der Waals surface area contributed by atoms with Crippen LogP contribution >= 0.6 is 11.3 Å². The van der Waals surface area contributed by atoms with Gasteiger partial charge in [0, 0.05) is 35.9 Å². The van der Waals surface area contributed by atoms with Crippen molar-refractivity contribution in [1.29, 1.82) is 0 Å². The molecule has 0 bridgehead atoms. The Labute approximate surface area is 115 Å². The lowest BCUT2D eigenvalue weighted by molar-refractivity contribution is 0.316. The van der Waals surface area contributed by atoms with Crippen LogP contribution in [0.4, 0.5) is 0 Å². The standard InChI is InChI=1S/C15H26N2S/c1-5-16-7-15-6-14(13(4)18-15)10-17-8-11(2)12(3)9-17/h6,11-12,16H,5,7-10H2,1-4H3. The summed E-state index contributed by atoms with van der Waals surface area (Å²) in [6.45, 7) is 14.9. The molecule has 1 N–H and O–H groups in total. The molecule has 1 fully saturated rings. The Balaban J connectivity index is 1.95. The molecule has 1 aliphatic heterocycles. The second-order valence-corrected chi connectivity index (χ2v) is 7.06. The predicted octanol–water partition coefficient (Wildman–Crippen LogP) is 3.25. The minimum Gasteiger partial charge on any atom is -0.312 e. The summed E-state index contributed by atoms with van der Waals surface area (Å²) >= 11 is 1.95. The summed E-state index contributed by atoms with van der Waals surface area (Å²) in [6.07, 6.45) is 0. The van der Waals surface area contributed by atoms with Gasteiger partial charge in [0.25, 0.3) is 0 Å². The zero-order valence-corrected chi connectivity index (χ0v) is 12.9. The predicted molar refractivity (Wildman–Crippen MR) is 80.0 cm³/mol. The molecule has 1 saturated heterocycles. The van der Waals surface area contributed by atoms with E-state index >= 15 is 0 Å². The fourth-order valence-electron chi connectivity index (χ4n) is 2.70. The summed E-state index contributed by atoms with van der Waals surface area (Å²) in [5.41, 5.74) is 1.54. The van der Waals surface area contributed by atoms with Crippen LogP contribution in [0.5, 0.6) is 0 Å². The van der Waals surface area contributed by atoms with Crippen molar-refractivity contribution in [2.75, 3.05) is 19.6 Å². The number of likely N-dealkylation sites (tertiary alicyclic amines) is 1. The second kappa shape index (κ2) is 6.18. The highest BCUT2D eigenvalue weighted by molar-refractivity contribution is 7.12. The van der Waals surface area contributed by atoms with Crippen LogP contribution in [0, 0.1) is 18.8 Å². The Morgan fingerprint density at radius 1 is 1.33 bits per heavy atom. The number of hydrogen-bond donors (Lipinski definition) is 1. The van der Waals surface area contributed by atoms with Crippen LogP contribution in [0.15, 0.2) is 6.07 Å². The normalized spacial score (nSPS) is 24.9. The van der Waals surface area contributed by atoms with E-state index in [1.807, 2.05) is 11.3 Å². The van der Waals surface area contributed by atoms with Crippen LogP contribution in [-0.4, -0.2) is 24.5 Å². The lowest BCUT2D eigenvalue weighted by atomic mass is 10.0. The first-order valence-corrected chi connectivity index (χ1v) is 7.93. The van der Waals surface area contributed by atoms with Gasteiger partial charge in [0.1, 0.15) is 0 Å². The van der Waals surface area contributed by atoms with E-state index in [0.29, 0.717) is 0 Å². The average molecular weight is 266 g/mol. The van der Waals surface area contributed by atoms with Crippen LogP contribution in [0.1, 0.15) is 36.1 Å². The third kappa shape index (κ3) is 3.34. The molecule has 18 heavy (non-hydrogen) atoms. The molecule has 1 aliphatic rings. The lowest BCUT2D eigenvalue weighted by Gasteiger charge is -2.14. The molecule has 0 aliphatic carbocycles. The van der Waals surface area contributed by atoms with Gasteiger partial charge in [0.2, 0.25) is 0 Å². The Kier molecular flexibility index (Phi) is 4.82. The molecule has 0 saturated carbocycles. The molecular formula is C15H26N2S. The van der Waals surface area contributed by atoms with Gasteiger partial charge in [-0.15, -0.1) is 11.3 Å². The van der Waals surface area contributed by atoms with Gasteiger partial charge in [0.15, 0.2) is 0 Å². The smallest absolute Gasteiger partial charge is 0.0299 e.